The summed E-state index contributed by atoms with van der Waals surface area (Å²) in [6.07, 6.45) is 4.15. The molecule has 0 radical (unpaired) electrons. The van der Waals surface area contributed by atoms with E-state index in [1.54, 1.807) is 12.2 Å². The quantitative estimate of drug-likeness (QED) is 0.508. The van der Waals surface area contributed by atoms with Crippen LogP contribution in [0.1, 0.15) is 25.2 Å². The third-order valence-corrected chi connectivity index (χ3v) is 4.81. The largest absolute Gasteiger partial charge is 0.491 e. The van der Waals surface area contributed by atoms with Crippen molar-refractivity contribution in [1.82, 2.24) is 19.8 Å². The molecule has 1 aromatic heterocycles. The van der Waals surface area contributed by atoms with E-state index in [0.717, 1.165) is 41.3 Å². The van der Waals surface area contributed by atoms with Crippen LogP contribution in [0, 0.1) is 0 Å². The number of hydrogen-bond acceptors (Lipinski definition) is 4. The van der Waals surface area contributed by atoms with E-state index in [1.165, 1.54) is 0 Å². The third kappa shape index (κ3) is 6.69. The van der Waals surface area contributed by atoms with Crippen LogP contribution in [0.15, 0.2) is 54.6 Å². The van der Waals surface area contributed by atoms with E-state index in [4.69, 9.17) is 9.72 Å². The summed E-state index contributed by atoms with van der Waals surface area (Å²) in [5.41, 5.74) is 3.05. The number of rotatable bonds is 10. The van der Waals surface area contributed by atoms with Crippen molar-refractivity contribution in [2.24, 2.45) is 0 Å². The normalized spacial score (nSPS) is 11.7. The highest BCUT2D eigenvalue weighted by atomic mass is 16.5. The van der Waals surface area contributed by atoms with Gasteiger partial charge in [0.05, 0.1) is 17.1 Å². The second-order valence-corrected chi connectivity index (χ2v) is 8.09. The Balaban J connectivity index is 1.58. The van der Waals surface area contributed by atoms with Gasteiger partial charge >= 0.3 is 0 Å². The summed E-state index contributed by atoms with van der Waals surface area (Å²) in [6.45, 7) is 6.31. The Labute approximate surface area is 184 Å². The van der Waals surface area contributed by atoms with E-state index in [-0.39, 0.29) is 12.0 Å². The van der Waals surface area contributed by atoms with Crippen molar-refractivity contribution in [3.8, 4) is 5.75 Å². The van der Waals surface area contributed by atoms with Crippen molar-refractivity contribution in [2.45, 2.75) is 32.9 Å². The zero-order valence-electron chi connectivity index (χ0n) is 18.8. The Kier molecular flexibility index (Phi) is 7.84. The number of amides is 1. The van der Waals surface area contributed by atoms with Gasteiger partial charge in [0.15, 0.2) is 0 Å². The Morgan fingerprint density at radius 3 is 2.77 bits per heavy atom. The van der Waals surface area contributed by atoms with Crippen molar-refractivity contribution >= 4 is 23.0 Å². The molecule has 1 heterocycles. The second kappa shape index (κ2) is 10.8. The number of carbonyl (C=O) groups is 1. The fraction of sp³-hybridized carbons (Fsp3) is 0.360. The SMILES string of the molecule is CC(C)Oc1cccc(/C=C/C(=O)NCCc2nc3ccccc3n2CCN(C)C)c1. The van der Waals surface area contributed by atoms with Crippen LogP contribution in [-0.2, 0) is 17.8 Å². The highest BCUT2D eigenvalue weighted by molar-refractivity contribution is 5.91. The maximum Gasteiger partial charge on any atom is 0.244 e. The Morgan fingerprint density at radius 1 is 1.19 bits per heavy atom. The van der Waals surface area contributed by atoms with Crippen LogP contribution < -0.4 is 10.1 Å². The number of imidazole rings is 1. The Hall–Kier alpha value is -3.12. The van der Waals surface area contributed by atoms with Crippen LogP contribution in [0.3, 0.4) is 0 Å². The lowest BCUT2D eigenvalue weighted by Gasteiger charge is -2.13. The van der Waals surface area contributed by atoms with Gasteiger partial charge in [-0.25, -0.2) is 4.98 Å². The Bertz CT molecular complexity index is 1040. The average molecular weight is 421 g/mol. The van der Waals surface area contributed by atoms with Gasteiger partial charge in [-0.15, -0.1) is 0 Å². The van der Waals surface area contributed by atoms with Gasteiger partial charge < -0.3 is 19.5 Å². The van der Waals surface area contributed by atoms with E-state index in [9.17, 15) is 4.79 Å². The van der Waals surface area contributed by atoms with Gasteiger partial charge in [-0.3, -0.25) is 4.79 Å². The van der Waals surface area contributed by atoms with Crippen molar-refractivity contribution in [3.63, 3.8) is 0 Å². The number of benzene rings is 2. The van der Waals surface area contributed by atoms with Crippen LogP contribution >= 0.6 is 0 Å². The highest BCUT2D eigenvalue weighted by Crippen LogP contribution is 2.17. The molecule has 0 bridgehead atoms. The van der Waals surface area contributed by atoms with Crippen LogP contribution in [-0.4, -0.2) is 53.6 Å². The lowest BCUT2D eigenvalue weighted by Crippen LogP contribution is -2.25. The van der Waals surface area contributed by atoms with Gasteiger partial charge in [0.2, 0.25) is 5.91 Å². The van der Waals surface area contributed by atoms with E-state index in [1.807, 2.05) is 56.3 Å². The number of aromatic nitrogens is 2. The molecule has 0 saturated carbocycles. The summed E-state index contributed by atoms with van der Waals surface area (Å²) >= 11 is 0. The first-order chi connectivity index (χ1) is 14.9. The minimum Gasteiger partial charge on any atom is -0.491 e. The lowest BCUT2D eigenvalue weighted by molar-refractivity contribution is -0.116. The molecule has 2 aromatic carbocycles. The first-order valence-corrected chi connectivity index (χ1v) is 10.7. The predicted octanol–water partition coefficient (Wildman–Crippen LogP) is 3.76. The highest BCUT2D eigenvalue weighted by Gasteiger charge is 2.10. The maximum atomic E-state index is 12.3. The van der Waals surface area contributed by atoms with Crippen molar-refractivity contribution in [1.29, 1.82) is 0 Å². The molecule has 0 spiro atoms. The topological polar surface area (TPSA) is 59.4 Å². The number of likely N-dealkylation sites (N-methyl/N-ethyl adjacent to an activating group) is 1. The third-order valence-electron chi connectivity index (χ3n) is 4.81. The average Bonchev–Trinajstić information content (AvgIpc) is 3.08. The smallest absolute Gasteiger partial charge is 0.244 e. The summed E-state index contributed by atoms with van der Waals surface area (Å²) in [7, 11) is 4.13. The number of fused-ring (bicyclic) bond motifs is 1. The van der Waals surface area contributed by atoms with Gasteiger partial charge in [-0.1, -0.05) is 24.3 Å². The van der Waals surface area contributed by atoms with Crippen LogP contribution in [0.25, 0.3) is 17.1 Å². The summed E-state index contributed by atoms with van der Waals surface area (Å²) < 4.78 is 7.95. The minimum atomic E-state index is -0.119. The molecule has 164 valence electrons. The van der Waals surface area contributed by atoms with E-state index in [2.05, 4.69) is 34.9 Å². The zero-order valence-corrected chi connectivity index (χ0v) is 18.8. The number of ether oxygens (including phenoxy) is 1. The van der Waals surface area contributed by atoms with Crippen LogP contribution in [0.5, 0.6) is 5.75 Å². The molecule has 0 saturated heterocycles. The number of nitrogens with one attached hydrogen (secondary N) is 1. The molecule has 1 amide bonds. The monoisotopic (exact) mass is 420 g/mol. The molecule has 3 rings (SSSR count). The Morgan fingerprint density at radius 2 is 2.00 bits per heavy atom. The molecular weight excluding hydrogens is 388 g/mol. The predicted molar refractivity (Wildman–Crippen MR) is 126 cm³/mol. The molecule has 31 heavy (non-hydrogen) atoms. The molecule has 0 aliphatic rings. The van der Waals surface area contributed by atoms with E-state index in [0.29, 0.717) is 13.0 Å². The molecule has 0 atom stereocenters. The standard InChI is InChI=1S/C25H32N4O2/c1-19(2)31-21-9-7-8-20(18-21)12-13-25(30)26-15-14-24-27-22-10-5-6-11-23(22)29(24)17-16-28(3)4/h5-13,18-19H,14-17H2,1-4H3,(H,26,30)/b13-12+. The van der Waals surface area contributed by atoms with Gasteiger partial charge in [-0.2, -0.15) is 0 Å². The van der Waals surface area contributed by atoms with Gasteiger partial charge in [-0.05, 0) is 63.8 Å². The van der Waals surface area contributed by atoms with Crippen LogP contribution in [0.4, 0.5) is 0 Å². The summed E-state index contributed by atoms with van der Waals surface area (Å²) in [6, 6.07) is 15.9. The summed E-state index contributed by atoms with van der Waals surface area (Å²) in [5, 5.41) is 2.96. The molecule has 6 nitrogen and oxygen atoms in total. The molecular formula is C25H32N4O2. The first-order valence-electron chi connectivity index (χ1n) is 10.7. The van der Waals surface area contributed by atoms with Crippen LogP contribution in [0.2, 0.25) is 0 Å². The molecule has 3 aromatic rings. The number of nitrogens with zero attached hydrogens (tertiary/aromatic N) is 3. The molecule has 6 heteroatoms. The fourth-order valence-electron chi connectivity index (χ4n) is 3.36. The lowest BCUT2D eigenvalue weighted by atomic mass is 10.2. The molecule has 0 unspecified atom stereocenters. The molecule has 0 aliphatic carbocycles. The van der Waals surface area contributed by atoms with E-state index >= 15 is 0 Å². The molecule has 1 N–H and O–H groups in total. The van der Waals surface area contributed by atoms with Crippen molar-refractivity contribution < 1.29 is 9.53 Å². The number of para-hydroxylation sites is 2. The second-order valence-electron chi connectivity index (χ2n) is 8.09. The summed E-state index contributed by atoms with van der Waals surface area (Å²) in [4.78, 5) is 19.2. The maximum absolute atomic E-state index is 12.3. The van der Waals surface area contributed by atoms with Crippen molar-refractivity contribution in [3.05, 3.63) is 66.0 Å². The minimum absolute atomic E-state index is 0.115. The fourth-order valence-corrected chi connectivity index (χ4v) is 3.36. The van der Waals surface area contributed by atoms with Gasteiger partial charge in [0, 0.05) is 32.1 Å². The van der Waals surface area contributed by atoms with Crippen molar-refractivity contribution in [2.75, 3.05) is 27.2 Å². The van der Waals surface area contributed by atoms with Gasteiger partial charge in [0.1, 0.15) is 11.6 Å². The summed E-state index contributed by atoms with van der Waals surface area (Å²) in [5.74, 6) is 1.67. The van der Waals surface area contributed by atoms with E-state index < -0.39 is 0 Å². The van der Waals surface area contributed by atoms with Gasteiger partial charge in [0.25, 0.3) is 0 Å². The zero-order chi connectivity index (χ0) is 22.2. The molecule has 0 fully saturated rings. The number of hydrogen-bond donors (Lipinski definition) is 1. The number of carbonyl (C=O) groups excluding carboxylic acids is 1. The molecule has 0 aliphatic heterocycles. The first kappa shape index (κ1) is 22.6.